The molecule has 2 aromatic rings. The van der Waals surface area contributed by atoms with Gasteiger partial charge in [-0.15, -0.1) is 0 Å². The molecule has 18 heavy (non-hydrogen) atoms. The molecule has 0 unspecified atom stereocenters. The van der Waals surface area contributed by atoms with E-state index in [1.807, 2.05) is 42.5 Å². The van der Waals surface area contributed by atoms with Crippen LogP contribution < -0.4 is 10.1 Å². The molecule has 0 aliphatic rings. The summed E-state index contributed by atoms with van der Waals surface area (Å²) >= 11 is 0. The molecule has 1 N–H and O–H groups in total. The highest BCUT2D eigenvalue weighted by Gasteiger charge is 2.03. The molecule has 2 aromatic carbocycles. The number of nitrogens with zero attached hydrogens (tertiary/aromatic N) is 1. The quantitative estimate of drug-likeness (QED) is 0.889. The summed E-state index contributed by atoms with van der Waals surface area (Å²) in [6.45, 7) is 0.628. The Morgan fingerprint density at radius 2 is 1.83 bits per heavy atom. The minimum atomic E-state index is 0.628. The van der Waals surface area contributed by atoms with Gasteiger partial charge in [0.15, 0.2) is 0 Å². The molecule has 0 aliphatic heterocycles. The van der Waals surface area contributed by atoms with E-state index in [1.54, 1.807) is 13.2 Å². The van der Waals surface area contributed by atoms with Gasteiger partial charge in [-0.25, -0.2) is 0 Å². The first-order valence-electron chi connectivity index (χ1n) is 5.70. The van der Waals surface area contributed by atoms with E-state index in [0.717, 1.165) is 17.0 Å². The third-order valence-corrected chi connectivity index (χ3v) is 2.71. The number of hydrogen-bond acceptors (Lipinski definition) is 3. The van der Waals surface area contributed by atoms with Crippen LogP contribution in [-0.4, -0.2) is 7.11 Å². The molecule has 0 fully saturated rings. The molecule has 90 valence electrons. The monoisotopic (exact) mass is 238 g/mol. The maximum absolute atomic E-state index is 9.00. The lowest BCUT2D eigenvalue weighted by Gasteiger charge is -2.11. The molecule has 0 heterocycles. The van der Waals surface area contributed by atoms with E-state index in [2.05, 4.69) is 11.4 Å². The summed E-state index contributed by atoms with van der Waals surface area (Å²) in [5.41, 5.74) is 2.55. The van der Waals surface area contributed by atoms with Crippen LogP contribution in [0.5, 0.6) is 5.75 Å². The van der Waals surface area contributed by atoms with Gasteiger partial charge in [0, 0.05) is 12.1 Å². The molecule has 3 nitrogen and oxygen atoms in total. The maximum atomic E-state index is 9.00. The summed E-state index contributed by atoms with van der Waals surface area (Å²) in [6, 6.07) is 17.5. The molecule has 0 spiro atoms. The zero-order valence-electron chi connectivity index (χ0n) is 10.2. The van der Waals surface area contributed by atoms with E-state index in [1.165, 1.54) is 0 Å². The molecular formula is C15H14N2O. The van der Waals surface area contributed by atoms with Crippen LogP contribution in [0.25, 0.3) is 0 Å². The smallest absolute Gasteiger partial charge is 0.123 e. The Bertz CT molecular complexity index is 573. The van der Waals surface area contributed by atoms with Gasteiger partial charge in [-0.05, 0) is 18.2 Å². The molecule has 0 saturated carbocycles. The second-order valence-electron chi connectivity index (χ2n) is 3.82. The van der Waals surface area contributed by atoms with Crippen LogP contribution in [0.2, 0.25) is 0 Å². The molecule has 0 bridgehead atoms. The van der Waals surface area contributed by atoms with E-state index in [0.29, 0.717) is 12.1 Å². The summed E-state index contributed by atoms with van der Waals surface area (Å²) < 4.78 is 5.29. The average molecular weight is 238 g/mol. The van der Waals surface area contributed by atoms with Crippen molar-refractivity contribution in [3.63, 3.8) is 0 Å². The Labute approximate surface area is 107 Å². The second kappa shape index (κ2) is 5.74. The normalized spacial score (nSPS) is 9.56. The minimum absolute atomic E-state index is 0.628. The van der Waals surface area contributed by atoms with E-state index in [4.69, 9.17) is 10.00 Å². The predicted octanol–water partition coefficient (Wildman–Crippen LogP) is 3.18. The van der Waals surface area contributed by atoms with Crippen molar-refractivity contribution in [3.8, 4) is 11.8 Å². The molecule has 0 aromatic heterocycles. The van der Waals surface area contributed by atoms with Crippen molar-refractivity contribution in [3.05, 3.63) is 59.7 Å². The fraction of sp³-hybridized carbons (Fsp3) is 0.133. The molecule has 2 rings (SSSR count). The van der Waals surface area contributed by atoms with Gasteiger partial charge in [0.25, 0.3) is 0 Å². The summed E-state index contributed by atoms with van der Waals surface area (Å²) in [7, 11) is 1.65. The van der Waals surface area contributed by atoms with Gasteiger partial charge < -0.3 is 10.1 Å². The number of benzene rings is 2. The van der Waals surface area contributed by atoms with Crippen LogP contribution in [-0.2, 0) is 6.54 Å². The predicted molar refractivity (Wildman–Crippen MR) is 71.5 cm³/mol. The average Bonchev–Trinajstić information content (AvgIpc) is 2.45. The number of anilines is 1. The van der Waals surface area contributed by atoms with Gasteiger partial charge in [-0.2, -0.15) is 5.26 Å². The molecule has 3 heteroatoms. The van der Waals surface area contributed by atoms with Crippen molar-refractivity contribution in [2.24, 2.45) is 0 Å². The van der Waals surface area contributed by atoms with Crippen LogP contribution in [0, 0.1) is 11.3 Å². The second-order valence-corrected chi connectivity index (χ2v) is 3.82. The Balaban J connectivity index is 2.14. The third kappa shape index (κ3) is 2.61. The number of methoxy groups -OCH3 is 1. The first-order valence-corrected chi connectivity index (χ1v) is 5.70. The van der Waals surface area contributed by atoms with Crippen molar-refractivity contribution in [1.82, 2.24) is 0 Å². The van der Waals surface area contributed by atoms with Crippen LogP contribution in [0.1, 0.15) is 11.1 Å². The Kier molecular flexibility index (Phi) is 3.83. The summed E-state index contributed by atoms with van der Waals surface area (Å²) in [5, 5.41) is 12.3. The highest BCUT2D eigenvalue weighted by Crippen LogP contribution is 2.20. The van der Waals surface area contributed by atoms with Crippen molar-refractivity contribution in [1.29, 1.82) is 5.26 Å². The van der Waals surface area contributed by atoms with Gasteiger partial charge in [-0.1, -0.05) is 30.3 Å². The molecule has 0 amide bonds. The first kappa shape index (κ1) is 12.0. The fourth-order valence-corrected chi connectivity index (χ4v) is 1.77. The number of ether oxygens (including phenoxy) is 1. The molecule has 0 aliphatic carbocycles. The SMILES string of the molecule is COc1ccccc1CNc1ccccc1C#N. The number of para-hydroxylation sites is 2. The topological polar surface area (TPSA) is 45.0 Å². The Hall–Kier alpha value is -2.47. The summed E-state index contributed by atoms with van der Waals surface area (Å²) in [4.78, 5) is 0. The molecular weight excluding hydrogens is 224 g/mol. The van der Waals surface area contributed by atoms with Gasteiger partial charge in [0.2, 0.25) is 0 Å². The van der Waals surface area contributed by atoms with Gasteiger partial charge >= 0.3 is 0 Å². The highest BCUT2D eigenvalue weighted by molar-refractivity contribution is 5.57. The fourth-order valence-electron chi connectivity index (χ4n) is 1.77. The van der Waals surface area contributed by atoms with Gasteiger partial charge in [0.05, 0.1) is 18.4 Å². The van der Waals surface area contributed by atoms with Crippen molar-refractivity contribution >= 4 is 5.69 Å². The number of nitriles is 1. The lowest BCUT2D eigenvalue weighted by Crippen LogP contribution is -2.02. The van der Waals surface area contributed by atoms with Gasteiger partial charge in [-0.3, -0.25) is 0 Å². The number of nitrogens with one attached hydrogen (secondary N) is 1. The maximum Gasteiger partial charge on any atom is 0.123 e. The summed E-state index contributed by atoms with van der Waals surface area (Å²) in [6.07, 6.45) is 0. The lowest BCUT2D eigenvalue weighted by atomic mass is 10.1. The van der Waals surface area contributed by atoms with Crippen LogP contribution in [0.3, 0.4) is 0 Å². The van der Waals surface area contributed by atoms with Crippen LogP contribution >= 0.6 is 0 Å². The standard InChI is InChI=1S/C15H14N2O/c1-18-15-9-5-3-7-13(15)11-17-14-8-4-2-6-12(14)10-16/h2-9,17H,11H2,1H3. The molecule has 0 saturated heterocycles. The van der Waals surface area contributed by atoms with Crippen molar-refractivity contribution in [2.75, 3.05) is 12.4 Å². The summed E-state index contributed by atoms with van der Waals surface area (Å²) in [5.74, 6) is 0.847. The van der Waals surface area contributed by atoms with Crippen LogP contribution in [0.4, 0.5) is 5.69 Å². The Morgan fingerprint density at radius 3 is 2.61 bits per heavy atom. The zero-order chi connectivity index (χ0) is 12.8. The molecule has 0 atom stereocenters. The third-order valence-electron chi connectivity index (χ3n) is 2.71. The first-order chi connectivity index (χ1) is 8.85. The Morgan fingerprint density at radius 1 is 1.11 bits per heavy atom. The number of hydrogen-bond donors (Lipinski definition) is 1. The van der Waals surface area contributed by atoms with Crippen molar-refractivity contribution in [2.45, 2.75) is 6.54 Å². The lowest BCUT2D eigenvalue weighted by molar-refractivity contribution is 0.410. The largest absolute Gasteiger partial charge is 0.496 e. The van der Waals surface area contributed by atoms with Gasteiger partial charge in [0.1, 0.15) is 11.8 Å². The zero-order valence-corrected chi connectivity index (χ0v) is 10.2. The number of rotatable bonds is 4. The van der Waals surface area contributed by atoms with Crippen LogP contribution in [0.15, 0.2) is 48.5 Å². The van der Waals surface area contributed by atoms with E-state index < -0.39 is 0 Å². The van der Waals surface area contributed by atoms with E-state index >= 15 is 0 Å². The highest BCUT2D eigenvalue weighted by atomic mass is 16.5. The van der Waals surface area contributed by atoms with E-state index in [-0.39, 0.29) is 0 Å². The van der Waals surface area contributed by atoms with Crippen molar-refractivity contribution < 1.29 is 4.74 Å². The molecule has 0 radical (unpaired) electrons. The van der Waals surface area contributed by atoms with E-state index in [9.17, 15) is 0 Å². The minimum Gasteiger partial charge on any atom is -0.496 e.